The van der Waals surface area contributed by atoms with Gasteiger partial charge in [0, 0.05) is 35.7 Å². The first-order valence-corrected chi connectivity index (χ1v) is 11.0. The molecular weight excluding hydrogens is 459 g/mol. The van der Waals surface area contributed by atoms with Crippen LogP contribution in [-0.2, 0) is 0 Å². The van der Waals surface area contributed by atoms with Crippen LogP contribution in [-0.4, -0.2) is 24.3 Å². The van der Waals surface area contributed by atoms with Gasteiger partial charge in [0.05, 0.1) is 21.8 Å². The van der Waals surface area contributed by atoms with Crippen LogP contribution >= 0.6 is 23.2 Å². The van der Waals surface area contributed by atoms with E-state index in [0.717, 1.165) is 22.3 Å². The molecule has 0 aliphatic rings. The highest BCUT2D eigenvalue weighted by Gasteiger charge is 2.16. The Labute approximate surface area is 199 Å². The fourth-order valence-electron chi connectivity index (χ4n) is 3.64. The molecule has 0 radical (unpaired) electrons. The van der Waals surface area contributed by atoms with Gasteiger partial charge in [-0.2, -0.15) is 10.1 Å². The van der Waals surface area contributed by atoms with Crippen LogP contribution in [0.5, 0.6) is 0 Å². The maximum absolute atomic E-state index is 12.8. The summed E-state index contributed by atoms with van der Waals surface area (Å²) < 4.78 is 3.40. The van der Waals surface area contributed by atoms with Crippen LogP contribution in [0.15, 0.2) is 84.0 Å². The number of nitrogens with one attached hydrogen (secondary N) is 1. The van der Waals surface area contributed by atoms with Crippen LogP contribution in [0.25, 0.3) is 16.7 Å². The predicted molar refractivity (Wildman–Crippen MR) is 131 cm³/mol. The number of pyridine rings is 1. The Balaban J connectivity index is 1.50. The second kappa shape index (κ2) is 8.69. The predicted octanol–water partition coefficient (Wildman–Crippen LogP) is 5.64. The molecule has 0 aliphatic carbocycles. The van der Waals surface area contributed by atoms with E-state index in [9.17, 15) is 4.79 Å². The molecule has 0 bridgehead atoms. The molecule has 0 fully saturated rings. The summed E-state index contributed by atoms with van der Waals surface area (Å²) in [6.07, 6.45) is 5.30. The molecule has 0 spiro atoms. The lowest BCUT2D eigenvalue weighted by atomic mass is 10.1. The fraction of sp³-hybridized carbons (Fsp3) is 0.0833. The lowest BCUT2D eigenvalue weighted by molar-refractivity contribution is 0.632. The molecule has 1 unspecified atom stereocenters. The Hall–Kier alpha value is -3.68. The van der Waals surface area contributed by atoms with Gasteiger partial charge in [-0.15, -0.1) is 0 Å². The molecule has 9 heteroatoms. The zero-order chi connectivity index (χ0) is 22.9. The van der Waals surface area contributed by atoms with Crippen molar-refractivity contribution in [1.29, 1.82) is 0 Å². The summed E-state index contributed by atoms with van der Waals surface area (Å²) >= 11 is 12.3. The van der Waals surface area contributed by atoms with E-state index in [2.05, 4.69) is 20.4 Å². The highest BCUT2D eigenvalue weighted by molar-refractivity contribution is 6.42. The van der Waals surface area contributed by atoms with Gasteiger partial charge < -0.3 is 5.32 Å². The van der Waals surface area contributed by atoms with E-state index in [1.54, 1.807) is 39.8 Å². The number of hydrogen-bond donors (Lipinski definition) is 1. The minimum atomic E-state index is -0.313. The normalized spacial score (nSPS) is 12.1. The van der Waals surface area contributed by atoms with Crippen LogP contribution < -0.4 is 10.9 Å². The zero-order valence-corrected chi connectivity index (χ0v) is 19.0. The number of rotatable bonds is 5. The summed E-state index contributed by atoms with van der Waals surface area (Å²) in [5, 5.41) is 9.08. The topological polar surface area (TPSA) is 77.6 Å². The van der Waals surface area contributed by atoms with Gasteiger partial charge in [0.1, 0.15) is 5.65 Å². The number of halogens is 2. The van der Waals surface area contributed by atoms with Crippen molar-refractivity contribution >= 4 is 45.9 Å². The van der Waals surface area contributed by atoms with E-state index >= 15 is 0 Å². The molecule has 3 heterocycles. The Morgan fingerprint density at radius 2 is 1.82 bits per heavy atom. The Morgan fingerprint density at radius 3 is 2.55 bits per heavy atom. The maximum atomic E-state index is 12.8. The molecule has 0 saturated carbocycles. The second-order valence-electron chi connectivity index (χ2n) is 7.49. The van der Waals surface area contributed by atoms with Crippen molar-refractivity contribution in [3.05, 3.63) is 105 Å². The van der Waals surface area contributed by atoms with Crippen LogP contribution in [0, 0.1) is 0 Å². The van der Waals surface area contributed by atoms with Crippen molar-refractivity contribution < 1.29 is 0 Å². The molecular formula is C24H18Cl2N6O. The Morgan fingerprint density at radius 1 is 1.00 bits per heavy atom. The third-order valence-corrected chi connectivity index (χ3v) is 6.11. The van der Waals surface area contributed by atoms with Crippen molar-refractivity contribution in [3.8, 4) is 5.69 Å². The van der Waals surface area contributed by atoms with Gasteiger partial charge in [0.2, 0.25) is 5.95 Å². The van der Waals surface area contributed by atoms with Crippen LogP contribution in [0.2, 0.25) is 10.0 Å². The van der Waals surface area contributed by atoms with Gasteiger partial charge in [0.15, 0.2) is 0 Å². The average Bonchev–Trinajstić information content (AvgIpc) is 3.36. The van der Waals surface area contributed by atoms with Crippen molar-refractivity contribution in [2.45, 2.75) is 13.0 Å². The standard InChI is InChI=1S/C24H18Cl2N6O/c1-15(16-3-9-20(25)21(26)13-16)32-22(33)10-4-17-14-27-24(30-23(17)32)29-18-5-7-19(8-6-18)31-12-2-11-28-31/h2-15H,1H3,(H,27,29,30). The smallest absolute Gasteiger partial charge is 0.252 e. The summed E-state index contributed by atoms with van der Waals surface area (Å²) in [5.41, 5.74) is 2.95. The van der Waals surface area contributed by atoms with Gasteiger partial charge in [-0.25, -0.2) is 9.67 Å². The quantitative estimate of drug-likeness (QED) is 0.355. The average molecular weight is 477 g/mol. The lowest BCUT2D eigenvalue weighted by Crippen LogP contribution is -2.24. The number of hydrogen-bond acceptors (Lipinski definition) is 5. The van der Waals surface area contributed by atoms with Crippen molar-refractivity contribution in [1.82, 2.24) is 24.3 Å². The molecule has 5 aromatic rings. The van der Waals surface area contributed by atoms with E-state index in [4.69, 9.17) is 23.2 Å². The van der Waals surface area contributed by atoms with Crippen LogP contribution in [0.1, 0.15) is 18.5 Å². The first-order valence-electron chi connectivity index (χ1n) is 10.2. The molecule has 0 aliphatic heterocycles. The largest absolute Gasteiger partial charge is 0.324 e. The van der Waals surface area contributed by atoms with Crippen molar-refractivity contribution in [2.75, 3.05) is 5.32 Å². The van der Waals surface area contributed by atoms with E-state index in [1.807, 2.05) is 49.5 Å². The molecule has 0 amide bonds. The summed E-state index contributed by atoms with van der Waals surface area (Å²) in [6, 6.07) is 17.9. The van der Waals surface area contributed by atoms with Gasteiger partial charge in [-0.05, 0) is 61.0 Å². The summed E-state index contributed by atoms with van der Waals surface area (Å²) in [4.78, 5) is 21.9. The molecule has 0 saturated heterocycles. The minimum absolute atomic E-state index is 0.172. The molecule has 7 nitrogen and oxygen atoms in total. The highest BCUT2D eigenvalue weighted by Crippen LogP contribution is 2.28. The number of fused-ring (bicyclic) bond motifs is 1. The van der Waals surface area contributed by atoms with Gasteiger partial charge in [0.25, 0.3) is 5.56 Å². The SMILES string of the molecule is CC(c1ccc(Cl)c(Cl)c1)n1c(=O)ccc2cnc(Nc3ccc(-n4cccn4)cc3)nc21. The molecule has 2 aromatic carbocycles. The third kappa shape index (κ3) is 4.20. The summed E-state index contributed by atoms with van der Waals surface area (Å²) in [5.74, 6) is 0.384. The highest BCUT2D eigenvalue weighted by atomic mass is 35.5. The molecule has 33 heavy (non-hydrogen) atoms. The van der Waals surface area contributed by atoms with Gasteiger partial charge in [-0.3, -0.25) is 9.36 Å². The van der Waals surface area contributed by atoms with E-state index in [0.29, 0.717) is 21.6 Å². The third-order valence-electron chi connectivity index (χ3n) is 5.37. The maximum Gasteiger partial charge on any atom is 0.252 e. The molecule has 5 rings (SSSR count). The number of aromatic nitrogens is 5. The minimum Gasteiger partial charge on any atom is -0.324 e. The second-order valence-corrected chi connectivity index (χ2v) is 8.30. The monoisotopic (exact) mass is 476 g/mol. The van der Waals surface area contributed by atoms with E-state index in [1.165, 1.54) is 6.07 Å². The van der Waals surface area contributed by atoms with E-state index < -0.39 is 0 Å². The van der Waals surface area contributed by atoms with Crippen LogP contribution in [0.3, 0.4) is 0 Å². The molecule has 164 valence electrons. The Bertz CT molecular complexity index is 1500. The molecule has 1 N–H and O–H groups in total. The summed E-state index contributed by atoms with van der Waals surface area (Å²) in [6.45, 7) is 1.92. The van der Waals surface area contributed by atoms with Crippen LogP contribution in [0.4, 0.5) is 11.6 Å². The first kappa shape index (κ1) is 21.2. The lowest BCUT2D eigenvalue weighted by Gasteiger charge is -2.18. The molecule has 1 atom stereocenters. The first-order chi connectivity index (χ1) is 16.0. The zero-order valence-electron chi connectivity index (χ0n) is 17.5. The number of nitrogens with zero attached hydrogens (tertiary/aromatic N) is 5. The summed E-state index contributed by atoms with van der Waals surface area (Å²) in [7, 11) is 0. The fourth-order valence-corrected chi connectivity index (χ4v) is 3.95. The number of anilines is 2. The van der Waals surface area contributed by atoms with Crippen molar-refractivity contribution in [2.24, 2.45) is 0 Å². The van der Waals surface area contributed by atoms with Crippen molar-refractivity contribution in [3.63, 3.8) is 0 Å². The van der Waals surface area contributed by atoms with Gasteiger partial charge >= 0.3 is 0 Å². The molecule has 3 aromatic heterocycles. The number of benzene rings is 2. The Kier molecular flexibility index (Phi) is 5.58. The van der Waals surface area contributed by atoms with Gasteiger partial charge in [-0.1, -0.05) is 29.3 Å². The van der Waals surface area contributed by atoms with E-state index in [-0.39, 0.29) is 11.6 Å².